The molecule has 1 aromatic heterocycles. The SMILES string of the molecule is COc1cc2ccc1O[C@H]1CN(C(=O)c3ccncc3)C[C@@H]1NC(=O)c1ccc(C)c(c1)-c1cccc(c1)OCC(=O)NC2. The number of likely N-dealkylation sites (tertiary alicyclic amines) is 1. The summed E-state index contributed by atoms with van der Waals surface area (Å²) in [6, 6.07) is 21.1. The topological polar surface area (TPSA) is 119 Å². The second-order valence-electron chi connectivity index (χ2n) is 10.8. The van der Waals surface area contributed by atoms with Gasteiger partial charge >= 0.3 is 0 Å². The van der Waals surface area contributed by atoms with Crippen molar-refractivity contribution >= 4 is 17.7 Å². The fourth-order valence-corrected chi connectivity index (χ4v) is 5.44. The van der Waals surface area contributed by atoms with Crippen LogP contribution in [0.25, 0.3) is 11.1 Å². The molecule has 0 saturated carbocycles. The van der Waals surface area contributed by atoms with E-state index in [1.54, 1.807) is 53.7 Å². The molecule has 3 aliphatic rings. The van der Waals surface area contributed by atoms with E-state index in [0.717, 1.165) is 22.3 Å². The van der Waals surface area contributed by atoms with Crippen molar-refractivity contribution in [1.29, 1.82) is 0 Å². The number of hydrogen-bond donors (Lipinski definition) is 2. The van der Waals surface area contributed by atoms with Crippen LogP contribution in [-0.4, -0.2) is 66.6 Å². The van der Waals surface area contributed by atoms with Crippen molar-refractivity contribution in [3.05, 3.63) is 107 Å². The molecule has 4 aromatic rings. The number of benzene rings is 3. The summed E-state index contributed by atoms with van der Waals surface area (Å²) in [5, 5.41) is 6.00. The first-order valence-electron chi connectivity index (χ1n) is 14.3. The van der Waals surface area contributed by atoms with Crippen LogP contribution in [0.2, 0.25) is 0 Å². The summed E-state index contributed by atoms with van der Waals surface area (Å²) in [6.07, 6.45) is 2.58. The lowest BCUT2D eigenvalue weighted by Crippen LogP contribution is -2.45. The second-order valence-corrected chi connectivity index (χ2v) is 10.8. The lowest BCUT2D eigenvalue weighted by molar-refractivity contribution is -0.123. The first-order valence-corrected chi connectivity index (χ1v) is 14.3. The highest BCUT2D eigenvalue weighted by molar-refractivity contribution is 5.97. The zero-order valence-corrected chi connectivity index (χ0v) is 24.4. The summed E-state index contributed by atoms with van der Waals surface area (Å²) in [6.45, 7) is 2.58. The number of aromatic nitrogens is 1. The van der Waals surface area contributed by atoms with Gasteiger partial charge in [0.25, 0.3) is 17.7 Å². The summed E-state index contributed by atoms with van der Waals surface area (Å²) in [5.74, 6) is 0.721. The summed E-state index contributed by atoms with van der Waals surface area (Å²) in [7, 11) is 1.53. The van der Waals surface area contributed by atoms with Crippen LogP contribution in [0.5, 0.6) is 17.2 Å². The Bertz CT molecular complexity index is 1710. The quantitative estimate of drug-likeness (QED) is 0.364. The minimum Gasteiger partial charge on any atom is -0.493 e. The predicted molar refractivity (Wildman–Crippen MR) is 163 cm³/mol. The van der Waals surface area contributed by atoms with Crippen LogP contribution in [0, 0.1) is 6.92 Å². The van der Waals surface area contributed by atoms with Crippen LogP contribution in [0.1, 0.15) is 31.8 Å². The van der Waals surface area contributed by atoms with E-state index >= 15 is 0 Å². The molecule has 1 fully saturated rings. The maximum absolute atomic E-state index is 13.7. The molecule has 44 heavy (non-hydrogen) atoms. The first-order chi connectivity index (χ1) is 21.4. The highest BCUT2D eigenvalue weighted by Gasteiger charge is 2.39. The van der Waals surface area contributed by atoms with Gasteiger partial charge in [0.2, 0.25) is 0 Å². The molecule has 4 heterocycles. The van der Waals surface area contributed by atoms with E-state index < -0.39 is 12.1 Å². The monoisotopic (exact) mass is 592 g/mol. The molecule has 2 N–H and O–H groups in total. The number of carbonyl (C=O) groups excluding carboxylic acids is 3. The van der Waals surface area contributed by atoms with Gasteiger partial charge in [-0.3, -0.25) is 19.4 Å². The lowest BCUT2D eigenvalue weighted by Gasteiger charge is -2.23. The normalized spacial score (nSPS) is 18.3. The zero-order valence-electron chi connectivity index (χ0n) is 24.4. The van der Waals surface area contributed by atoms with Gasteiger partial charge in [-0.25, -0.2) is 0 Å². The van der Waals surface area contributed by atoms with Gasteiger partial charge < -0.3 is 29.7 Å². The number of amides is 3. The zero-order chi connectivity index (χ0) is 30.6. The van der Waals surface area contributed by atoms with Crippen LogP contribution in [0.3, 0.4) is 0 Å². The number of nitrogens with one attached hydrogen (secondary N) is 2. The van der Waals surface area contributed by atoms with Crippen molar-refractivity contribution in [2.24, 2.45) is 0 Å². The lowest BCUT2D eigenvalue weighted by atomic mass is 9.97. The van der Waals surface area contributed by atoms with Gasteiger partial charge in [-0.2, -0.15) is 0 Å². The molecule has 0 aliphatic carbocycles. The number of pyridine rings is 1. The smallest absolute Gasteiger partial charge is 0.258 e. The average molecular weight is 593 g/mol. The van der Waals surface area contributed by atoms with Crippen LogP contribution in [-0.2, 0) is 11.3 Å². The van der Waals surface area contributed by atoms with Crippen molar-refractivity contribution in [3.8, 4) is 28.4 Å². The van der Waals surface area contributed by atoms with Crippen LogP contribution in [0.15, 0.2) is 85.2 Å². The minimum atomic E-state index is -0.562. The largest absolute Gasteiger partial charge is 0.493 e. The fourth-order valence-electron chi connectivity index (χ4n) is 5.44. The van der Waals surface area contributed by atoms with E-state index in [0.29, 0.717) is 28.4 Å². The highest BCUT2D eigenvalue weighted by atomic mass is 16.5. The Hall–Kier alpha value is -5.38. The molecule has 3 aromatic carbocycles. The van der Waals surface area contributed by atoms with Gasteiger partial charge in [0, 0.05) is 36.6 Å². The number of aryl methyl sites for hydroxylation is 1. The molecule has 10 nitrogen and oxygen atoms in total. The molecule has 3 amide bonds. The third kappa shape index (κ3) is 6.19. The Morgan fingerprint density at radius 2 is 1.82 bits per heavy atom. The third-order valence-corrected chi connectivity index (χ3v) is 7.81. The van der Waals surface area contributed by atoms with Gasteiger partial charge in [0.15, 0.2) is 18.1 Å². The predicted octanol–water partition coefficient (Wildman–Crippen LogP) is 3.78. The summed E-state index contributed by atoms with van der Waals surface area (Å²) in [5.41, 5.74) is 4.46. The minimum absolute atomic E-state index is 0.152. The molecule has 10 heteroatoms. The standard InChI is InChI=1S/C34H32N4O6/c1-21-6-8-25-16-27(21)24-4-3-5-26(15-24)43-20-32(39)36-17-22-7-9-29(30(14-22)42-2)44-31-19-38(18-28(31)37-33(25)40)34(41)23-10-12-35-13-11-23/h3-16,28,31H,17-20H2,1-2H3,(H,36,39)(H,37,40)/t28-,31-/m0/s1. The van der Waals surface area contributed by atoms with Gasteiger partial charge in [0.05, 0.1) is 19.7 Å². The molecule has 0 radical (unpaired) electrons. The molecule has 6 bridgehead atoms. The fraction of sp³-hybridized carbons (Fsp3) is 0.235. The van der Waals surface area contributed by atoms with Gasteiger partial charge in [-0.1, -0.05) is 24.3 Å². The number of hydrogen-bond acceptors (Lipinski definition) is 7. The van der Waals surface area contributed by atoms with Crippen LogP contribution < -0.4 is 24.8 Å². The Morgan fingerprint density at radius 1 is 0.977 bits per heavy atom. The summed E-state index contributed by atoms with van der Waals surface area (Å²) >= 11 is 0. The van der Waals surface area contributed by atoms with Crippen molar-refractivity contribution < 1.29 is 28.6 Å². The molecular weight excluding hydrogens is 560 g/mol. The van der Waals surface area contributed by atoms with Crippen molar-refractivity contribution in [2.45, 2.75) is 25.6 Å². The molecule has 7 rings (SSSR count). The molecule has 224 valence electrons. The molecule has 3 aliphatic heterocycles. The first kappa shape index (κ1) is 28.7. The average Bonchev–Trinajstić information content (AvgIpc) is 3.44. The number of ether oxygens (including phenoxy) is 3. The maximum Gasteiger partial charge on any atom is 0.258 e. The van der Waals surface area contributed by atoms with Gasteiger partial charge in [0.1, 0.15) is 11.9 Å². The second kappa shape index (κ2) is 12.5. The van der Waals surface area contributed by atoms with E-state index in [4.69, 9.17) is 14.2 Å². The number of rotatable bonds is 2. The van der Waals surface area contributed by atoms with E-state index in [-0.39, 0.29) is 44.0 Å². The van der Waals surface area contributed by atoms with E-state index in [9.17, 15) is 14.4 Å². The van der Waals surface area contributed by atoms with Crippen molar-refractivity contribution in [2.75, 3.05) is 26.8 Å². The molecule has 0 spiro atoms. The Kier molecular flexibility index (Phi) is 8.14. The van der Waals surface area contributed by atoms with E-state index in [1.165, 1.54) is 7.11 Å². The molecule has 1 saturated heterocycles. The Labute approximate surface area is 255 Å². The van der Waals surface area contributed by atoms with Gasteiger partial charge in [-0.05, 0) is 77.7 Å². The molecule has 2 atom stereocenters. The molecular formula is C34H32N4O6. The Balaban J connectivity index is 1.36. The molecule has 0 unspecified atom stereocenters. The maximum atomic E-state index is 13.7. The highest BCUT2D eigenvalue weighted by Crippen LogP contribution is 2.32. The van der Waals surface area contributed by atoms with Crippen LogP contribution in [0.4, 0.5) is 0 Å². The van der Waals surface area contributed by atoms with Crippen molar-refractivity contribution in [1.82, 2.24) is 20.5 Å². The van der Waals surface area contributed by atoms with Crippen LogP contribution >= 0.6 is 0 Å². The number of methoxy groups -OCH3 is 1. The number of fused-ring (bicyclic) bond motifs is 7. The summed E-state index contributed by atoms with van der Waals surface area (Å²) < 4.78 is 17.8. The van der Waals surface area contributed by atoms with E-state index in [1.807, 2.05) is 43.3 Å². The van der Waals surface area contributed by atoms with E-state index in [2.05, 4.69) is 15.6 Å². The van der Waals surface area contributed by atoms with Gasteiger partial charge in [-0.15, -0.1) is 0 Å². The van der Waals surface area contributed by atoms with Crippen molar-refractivity contribution in [3.63, 3.8) is 0 Å². The Morgan fingerprint density at radius 3 is 2.64 bits per heavy atom. The number of nitrogens with zero attached hydrogens (tertiary/aromatic N) is 2. The summed E-state index contributed by atoms with van der Waals surface area (Å²) in [4.78, 5) is 45.3. The number of carbonyl (C=O) groups is 3. The third-order valence-electron chi connectivity index (χ3n) is 7.81.